The van der Waals surface area contributed by atoms with Gasteiger partial charge in [0.1, 0.15) is 0 Å². The number of aryl methyl sites for hydroxylation is 1. The number of carbonyl (C=O) groups is 2. The van der Waals surface area contributed by atoms with Crippen molar-refractivity contribution in [3.63, 3.8) is 0 Å². The minimum atomic E-state index is -0.747. The van der Waals surface area contributed by atoms with Gasteiger partial charge in [0.2, 0.25) is 11.8 Å². The van der Waals surface area contributed by atoms with Crippen molar-refractivity contribution in [2.45, 2.75) is 22.0 Å². The lowest BCUT2D eigenvalue weighted by atomic mass is 9.54. The SMILES string of the molecule is CCc1ccccc1N1C(=O)C2C(C1=O)C1(Br)c3ccccc3C2(Br)c2ccccc21. The van der Waals surface area contributed by atoms with E-state index >= 15 is 0 Å². The monoisotopic (exact) mass is 535 g/mol. The molecule has 1 fully saturated rings. The summed E-state index contributed by atoms with van der Waals surface area (Å²) in [5.74, 6) is -1.34. The highest BCUT2D eigenvalue weighted by Crippen LogP contribution is 2.70. The van der Waals surface area contributed by atoms with E-state index in [-0.39, 0.29) is 11.8 Å². The molecule has 3 aromatic rings. The van der Waals surface area contributed by atoms with E-state index in [9.17, 15) is 9.59 Å². The number of halogens is 2. The normalized spacial score (nSPS) is 30.2. The van der Waals surface area contributed by atoms with Gasteiger partial charge in [-0.25, -0.2) is 4.90 Å². The lowest BCUT2D eigenvalue weighted by molar-refractivity contribution is -0.122. The van der Waals surface area contributed by atoms with Gasteiger partial charge in [0.15, 0.2) is 0 Å². The van der Waals surface area contributed by atoms with Gasteiger partial charge in [-0.15, -0.1) is 0 Å². The van der Waals surface area contributed by atoms with Crippen LogP contribution in [-0.4, -0.2) is 11.8 Å². The van der Waals surface area contributed by atoms with Crippen LogP contribution in [0.4, 0.5) is 5.69 Å². The smallest absolute Gasteiger partial charge is 0.239 e. The Morgan fingerprint density at radius 1 is 0.710 bits per heavy atom. The van der Waals surface area contributed by atoms with E-state index < -0.39 is 20.5 Å². The molecule has 154 valence electrons. The molecule has 0 saturated carbocycles. The van der Waals surface area contributed by atoms with Crippen molar-refractivity contribution in [3.05, 3.63) is 101 Å². The number of para-hydroxylation sites is 1. The van der Waals surface area contributed by atoms with Crippen LogP contribution in [0.1, 0.15) is 34.7 Å². The molecular weight excluding hydrogens is 518 g/mol. The van der Waals surface area contributed by atoms with E-state index in [0.29, 0.717) is 5.69 Å². The van der Waals surface area contributed by atoms with Gasteiger partial charge in [-0.2, -0.15) is 0 Å². The van der Waals surface area contributed by atoms with Gasteiger partial charge in [0.05, 0.1) is 26.2 Å². The Bertz CT molecular complexity index is 1160. The van der Waals surface area contributed by atoms with Crippen molar-refractivity contribution in [2.75, 3.05) is 4.90 Å². The zero-order valence-electron chi connectivity index (χ0n) is 16.8. The summed E-state index contributed by atoms with van der Waals surface area (Å²) in [6.45, 7) is 2.05. The van der Waals surface area contributed by atoms with E-state index in [1.165, 1.54) is 4.90 Å². The van der Waals surface area contributed by atoms with Crippen molar-refractivity contribution >= 4 is 49.4 Å². The van der Waals surface area contributed by atoms with Crippen LogP contribution in [0.5, 0.6) is 0 Å². The second kappa shape index (κ2) is 6.39. The highest BCUT2D eigenvalue weighted by atomic mass is 79.9. The average Bonchev–Trinajstić information content (AvgIpc) is 3.08. The number of carbonyl (C=O) groups excluding carboxylic acids is 2. The average molecular weight is 537 g/mol. The Labute approximate surface area is 197 Å². The van der Waals surface area contributed by atoms with Crippen LogP contribution in [0.25, 0.3) is 0 Å². The first-order chi connectivity index (χ1) is 15.0. The van der Waals surface area contributed by atoms with Crippen LogP contribution in [0.15, 0.2) is 72.8 Å². The molecule has 1 saturated heterocycles. The molecule has 4 aliphatic rings. The second-order valence-electron chi connectivity index (χ2n) is 8.46. The highest BCUT2D eigenvalue weighted by Gasteiger charge is 2.72. The quantitative estimate of drug-likeness (QED) is 0.313. The zero-order valence-corrected chi connectivity index (χ0v) is 20.0. The number of hydrogen-bond acceptors (Lipinski definition) is 2. The summed E-state index contributed by atoms with van der Waals surface area (Å²) >= 11 is 8.09. The van der Waals surface area contributed by atoms with Crippen molar-refractivity contribution in [2.24, 2.45) is 11.8 Å². The van der Waals surface area contributed by atoms with Gasteiger partial charge in [-0.3, -0.25) is 9.59 Å². The topological polar surface area (TPSA) is 37.4 Å². The summed E-state index contributed by atoms with van der Waals surface area (Å²) in [6, 6.07) is 24.0. The minimum Gasteiger partial charge on any atom is -0.274 e. The first-order valence-corrected chi connectivity index (χ1v) is 12.1. The Hall–Kier alpha value is -2.24. The highest BCUT2D eigenvalue weighted by molar-refractivity contribution is 9.10. The number of amides is 2. The molecule has 2 bridgehead atoms. The summed E-state index contributed by atoms with van der Waals surface area (Å²) in [4.78, 5) is 29.5. The van der Waals surface area contributed by atoms with Crippen molar-refractivity contribution in [3.8, 4) is 0 Å². The molecule has 0 radical (unpaired) electrons. The Kier molecular flexibility index (Phi) is 4.01. The Morgan fingerprint density at radius 3 is 1.52 bits per heavy atom. The number of hydrogen-bond donors (Lipinski definition) is 0. The summed E-state index contributed by atoms with van der Waals surface area (Å²) in [5, 5.41) is 0. The summed E-state index contributed by atoms with van der Waals surface area (Å²) in [7, 11) is 0. The molecular formula is C26H19Br2NO2. The van der Waals surface area contributed by atoms with Crippen molar-refractivity contribution in [1.29, 1.82) is 0 Å². The summed E-state index contributed by atoms with van der Waals surface area (Å²) in [6.07, 6.45) is 0.752. The molecule has 3 aliphatic carbocycles. The third-order valence-electron chi connectivity index (χ3n) is 7.20. The maximum atomic E-state index is 14.0. The molecule has 2 atom stereocenters. The molecule has 3 nitrogen and oxygen atoms in total. The van der Waals surface area contributed by atoms with Crippen LogP contribution in [0, 0.1) is 11.8 Å². The zero-order chi connectivity index (χ0) is 21.5. The maximum Gasteiger partial charge on any atom is 0.239 e. The van der Waals surface area contributed by atoms with E-state index in [1.54, 1.807) is 0 Å². The van der Waals surface area contributed by atoms with Gasteiger partial charge in [0.25, 0.3) is 0 Å². The van der Waals surface area contributed by atoms with Gasteiger partial charge in [-0.1, -0.05) is 106 Å². The van der Waals surface area contributed by atoms with Gasteiger partial charge >= 0.3 is 0 Å². The molecule has 31 heavy (non-hydrogen) atoms. The largest absolute Gasteiger partial charge is 0.274 e. The van der Waals surface area contributed by atoms with E-state index in [0.717, 1.165) is 34.2 Å². The number of nitrogens with zero attached hydrogens (tertiary/aromatic N) is 1. The predicted molar refractivity (Wildman–Crippen MR) is 128 cm³/mol. The van der Waals surface area contributed by atoms with E-state index in [4.69, 9.17) is 0 Å². The first kappa shape index (κ1) is 19.4. The van der Waals surface area contributed by atoms with Gasteiger partial charge in [0, 0.05) is 0 Å². The van der Waals surface area contributed by atoms with E-state index in [1.807, 2.05) is 55.5 Å². The number of imide groups is 1. The number of rotatable bonds is 2. The molecule has 3 aromatic carbocycles. The van der Waals surface area contributed by atoms with Crippen molar-refractivity contribution in [1.82, 2.24) is 0 Å². The molecule has 0 N–H and O–H groups in total. The molecule has 1 heterocycles. The van der Waals surface area contributed by atoms with Crippen LogP contribution >= 0.6 is 31.9 Å². The number of benzene rings is 3. The van der Waals surface area contributed by atoms with Crippen molar-refractivity contribution < 1.29 is 9.59 Å². The number of anilines is 1. The Balaban J connectivity index is 1.66. The van der Waals surface area contributed by atoms with Crippen LogP contribution < -0.4 is 4.90 Å². The molecule has 0 spiro atoms. The Morgan fingerprint density at radius 2 is 1.10 bits per heavy atom. The number of alkyl halides is 2. The fourth-order valence-corrected chi connectivity index (χ4v) is 8.24. The fraction of sp³-hybridized carbons (Fsp3) is 0.231. The molecule has 1 aliphatic heterocycles. The lowest BCUT2D eigenvalue weighted by Crippen LogP contribution is -2.56. The summed E-state index contributed by atoms with van der Waals surface area (Å²) in [5.41, 5.74) is 5.92. The first-order valence-electron chi connectivity index (χ1n) is 10.5. The minimum absolute atomic E-state index is 0.138. The molecule has 5 heteroatoms. The summed E-state index contributed by atoms with van der Waals surface area (Å²) < 4.78 is -1.49. The van der Waals surface area contributed by atoms with Gasteiger partial charge < -0.3 is 0 Å². The predicted octanol–water partition coefficient (Wildman–Crippen LogP) is 5.66. The third-order valence-corrected chi connectivity index (χ3v) is 9.89. The van der Waals surface area contributed by atoms with Crippen LogP contribution in [-0.2, 0) is 24.7 Å². The maximum absolute atomic E-state index is 14.0. The fourth-order valence-electron chi connectivity index (χ4n) is 5.93. The molecule has 2 unspecified atom stereocenters. The van der Waals surface area contributed by atoms with E-state index in [2.05, 4.69) is 56.1 Å². The van der Waals surface area contributed by atoms with Crippen LogP contribution in [0.2, 0.25) is 0 Å². The second-order valence-corrected chi connectivity index (χ2v) is 11.0. The van der Waals surface area contributed by atoms with Crippen LogP contribution in [0.3, 0.4) is 0 Å². The lowest BCUT2D eigenvalue weighted by Gasteiger charge is -2.55. The molecule has 2 amide bonds. The molecule has 7 rings (SSSR count). The molecule has 0 aromatic heterocycles. The standard InChI is InChI=1S/C26H19Br2NO2/c1-2-15-9-3-8-14-20(15)29-23(30)21-22(24(29)31)26(28)17-11-5-4-10-16(17)25(21,27)18-12-6-7-13-19(18)26/h3-14,21-22H,2H2,1H3. The van der Waals surface area contributed by atoms with Gasteiger partial charge in [-0.05, 0) is 40.3 Å². The third kappa shape index (κ3) is 2.14.